The van der Waals surface area contributed by atoms with E-state index in [-0.39, 0.29) is 0 Å². The summed E-state index contributed by atoms with van der Waals surface area (Å²) in [7, 11) is 0. The summed E-state index contributed by atoms with van der Waals surface area (Å²) in [5.74, 6) is 0.757. The van der Waals surface area contributed by atoms with Crippen molar-refractivity contribution in [2.24, 2.45) is 5.73 Å². The molecule has 2 heterocycles. The van der Waals surface area contributed by atoms with Crippen LogP contribution >= 0.6 is 12.2 Å². The van der Waals surface area contributed by atoms with Crippen LogP contribution in [-0.2, 0) is 0 Å². The summed E-state index contributed by atoms with van der Waals surface area (Å²) in [4.78, 5) is 11.2. The molecule has 1 fully saturated rings. The van der Waals surface area contributed by atoms with Crippen LogP contribution < -0.4 is 10.6 Å². The van der Waals surface area contributed by atoms with Crippen molar-refractivity contribution in [3.63, 3.8) is 0 Å². The first-order valence-corrected chi connectivity index (χ1v) is 6.06. The highest BCUT2D eigenvalue weighted by molar-refractivity contribution is 7.80. The van der Waals surface area contributed by atoms with Crippen molar-refractivity contribution in [3.05, 3.63) is 18.0 Å². The van der Waals surface area contributed by atoms with Gasteiger partial charge in [-0.3, -0.25) is 0 Å². The molecule has 0 saturated carbocycles. The van der Waals surface area contributed by atoms with Crippen LogP contribution in [0.2, 0.25) is 0 Å². The maximum Gasteiger partial charge on any atom is 0.225 e. The molecule has 0 amide bonds. The lowest BCUT2D eigenvalue weighted by atomic mass is 10.2. The Balaban J connectivity index is 2.18. The van der Waals surface area contributed by atoms with Gasteiger partial charge in [-0.05, 0) is 18.9 Å². The lowest BCUT2D eigenvalue weighted by Gasteiger charge is -2.20. The normalized spacial score (nSPS) is 16.9. The zero-order chi connectivity index (χ0) is 11.4. The predicted octanol–water partition coefficient (Wildman–Crippen LogP) is 1.49. The molecular weight excluding hydrogens is 220 g/mol. The highest BCUT2D eigenvalue weighted by Gasteiger charge is 2.12. The highest BCUT2D eigenvalue weighted by atomic mass is 32.1. The summed E-state index contributed by atoms with van der Waals surface area (Å²) < 4.78 is 0. The second-order valence-corrected chi connectivity index (χ2v) is 4.45. The number of hydrogen-bond acceptors (Lipinski definition) is 4. The summed E-state index contributed by atoms with van der Waals surface area (Å²) in [5, 5.41) is 0. The van der Waals surface area contributed by atoms with Crippen LogP contribution in [0.5, 0.6) is 0 Å². The largest absolute Gasteiger partial charge is 0.388 e. The van der Waals surface area contributed by atoms with E-state index in [1.165, 1.54) is 25.7 Å². The Morgan fingerprint density at radius 3 is 2.56 bits per heavy atom. The third kappa shape index (κ3) is 2.66. The van der Waals surface area contributed by atoms with E-state index >= 15 is 0 Å². The van der Waals surface area contributed by atoms with E-state index in [1.54, 1.807) is 12.3 Å². The van der Waals surface area contributed by atoms with Gasteiger partial charge >= 0.3 is 0 Å². The van der Waals surface area contributed by atoms with E-state index in [0.29, 0.717) is 10.7 Å². The fourth-order valence-electron chi connectivity index (χ4n) is 1.91. The number of aromatic nitrogens is 2. The Hall–Kier alpha value is -1.23. The fourth-order valence-corrected chi connectivity index (χ4v) is 2.02. The highest BCUT2D eigenvalue weighted by Crippen LogP contribution is 2.15. The number of hydrogen-bond donors (Lipinski definition) is 1. The minimum absolute atomic E-state index is 0.332. The van der Waals surface area contributed by atoms with Gasteiger partial charge in [0, 0.05) is 19.3 Å². The molecule has 1 aromatic heterocycles. The summed E-state index contributed by atoms with van der Waals surface area (Å²) in [5.41, 5.74) is 6.22. The fraction of sp³-hybridized carbons (Fsp3) is 0.545. The number of anilines is 1. The molecule has 0 aromatic carbocycles. The van der Waals surface area contributed by atoms with Gasteiger partial charge in [0.25, 0.3) is 0 Å². The van der Waals surface area contributed by atoms with Crippen LogP contribution in [0.15, 0.2) is 12.3 Å². The Labute approximate surface area is 101 Å². The van der Waals surface area contributed by atoms with Crippen LogP contribution in [0, 0.1) is 0 Å². The van der Waals surface area contributed by atoms with Crippen LogP contribution in [0.4, 0.5) is 5.95 Å². The van der Waals surface area contributed by atoms with Crippen molar-refractivity contribution in [1.29, 1.82) is 0 Å². The Morgan fingerprint density at radius 1 is 1.25 bits per heavy atom. The first-order chi connectivity index (χ1) is 7.77. The monoisotopic (exact) mass is 236 g/mol. The maximum absolute atomic E-state index is 5.57. The van der Waals surface area contributed by atoms with Gasteiger partial charge in [0.05, 0.1) is 0 Å². The van der Waals surface area contributed by atoms with Crippen molar-refractivity contribution < 1.29 is 0 Å². The zero-order valence-corrected chi connectivity index (χ0v) is 10.0. The summed E-state index contributed by atoms with van der Waals surface area (Å²) in [6.07, 6.45) is 6.74. The Morgan fingerprint density at radius 2 is 1.94 bits per heavy atom. The zero-order valence-electron chi connectivity index (χ0n) is 9.22. The molecule has 1 aliphatic heterocycles. The molecular formula is C11H16N4S. The quantitative estimate of drug-likeness (QED) is 0.788. The van der Waals surface area contributed by atoms with Crippen LogP contribution in [0.25, 0.3) is 0 Å². The first kappa shape index (κ1) is 11.3. The van der Waals surface area contributed by atoms with E-state index in [2.05, 4.69) is 14.9 Å². The number of thiocarbonyl (C=S) groups is 1. The third-order valence-corrected chi connectivity index (χ3v) is 2.99. The van der Waals surface area contributed by atoms with Crippen molar-refractivity contribution >= 4 is 23.2 Å². The SMILES string of the molecule is NC(=S)c1ccnc(N2CCCCCC2)n1. The van der Waals surface area contributed by atoms with Gasteiger partial charge in [-0.25, -0.2) is 9.97 Å². The van der Waals surface area contributed by atoms with Gasteiger partial charge in [-0.2, -0.15) is 0 Å². The third-order valence-electron chi connectivity index (χ3n) is 2.78. The molecule has 16 heavy (non-hydrogen) atoms. The maximum atomic E-state index is 5.57. The summed E-state index contributed by atoms with van der Waals surface area (Å²) in [6.45, 7) is 2.06. The van der Waals surface area contributed by atoms with Gasteiger partial charge in [-0.1, -0.05) is 25.1 Å². The molecule has 2 rings (SSSR count). The van der Waals surface area contributed by atoms with Gasteiger partial charge in [0.15, 0.2) is 0 Å². The molecule has 1 aliphatic rings. The van der Waals surface area contributed by atoms with Crippen LogP contribution in [0.1, 0.15) is 31.4 Å². The van der Waals surface area contributed by atoms with E-state index in [1.807, 2.05) is 0 Å². The van der Waals surface area contributed by atoms with Crippen molar-refractivity contribution in [1.82, 2.24) is 9.97 Å². The Kier molecular flexibility index (Phi) is 3.66. The molecule has 0 radical (unpaired) electrons. The Bertz CT molecular complexity index is 372. The molecule has 1 saturated heterocycles. The summed E-state index contributed by atoms with van der Waals surface area (Å²) in [6, 6.07) is 1.75. The van der Waals surface area contributed by atoms with E-state index in [9.17, 15) is 0 Å². The molecule has 4 nitrogen and oxygen atoms in total. The van der Waals surface area contributed by atoms with Gasteiger partial charge < -0.3 is 10.6 Å². The molecule has 0 unspecified atom stereocenters. The number of nitrogens with two attached hydrogens (primary N) is 1. The summed E-state index contributed by atoms with van der Waals surface area (Å²) >= 11 is 4.92. The second kappa shape index (κ2) is 5.21. The first-order valence-electron chi connectivity index (χ1n) is 5.65. The van der Waals surface area contributed by atoms with Crippen molar-refractivity contribution in [2.45, 2.75) is 25.7 Å². The van der Waals surface area contributed by atoms with Gasteiger partial charge in [0.2, 0.25) is 5.95 Å². The average Bonchev–Trinajstić information content (AvgIpc) is 2.57. The van der Waals surface area contributed by atoms with Crippen molar-refractivity contribution in [2.75, 3.05) is 18.0 Å². The molecule has 86 valence electrons. The topological polar surface area (TPSA) is 55.0 Å². The van der Waals surface area contributed by atoms with E-state index in [4.69, 9.17) is 18.0 Å². The van der Waals surface area contributed by atoms with E-state index < -0.39 is 0 Å². The smallest absolute Gasteiger partial charge is 0.225 e. The molecule has 5 heteroatoms. The molecule has 0 spiro atoms. The average molecular weight is 236 g/mol. The predicted molar refractivity (Wildman–Crippen MR) is 68.6 cm³/mol. The standard InChI is InChI=1S/C11H16N4S/c12-10(16)9-5-6-13-11(14-9)15-7-3-1-2-4-8-15/h5-6H,1-4,7-8H2,(H2,12,16). The number of nitrogens with zero attached hydrogens (tertiary/aromatic N) is 3. The van der Waals surface area contributed by atoms with Crippen molar-refractivity contribution in [3.8, 4) is 0 Å². The minimum Gasteiger partial charge on any atom is -0.388 e. The molecule has 0 atom stereocenters. The van der Waals surface area contributed by atoms with E-state index in [0.717, 1.165) is 19.0 Å². The van der Waals surface area contributed by atoms with Gasteiger partial charge in [0.1, 0.15) is 10.7 Å². The number of rotatable bonds is 2. The van der Waals surface area contributed by atoms with Crippen LogP contribution in [0.3, 0.4) is 0 Å². The lowest BCUT2D eigenvalue weighted by Crippen LogP contribution is -2.27. The molecule has 0 aliphatic carbocycles. The molecule has 2 N–H and O–H groups in total. The second-order valence-electron chi connectivity index (χ2n) is 4.01. The minimum atomic E-state index is 0.332. The molecule has 0 bridgehead atoms. The van der Waals surface area contributed by atoms with Crippen LogP contribution in [-0.4, -0.2) is 28.0 Å². The lowest BCUT2D eigenvalue weighted by molar-refractivity contribution is 0.726. The van der Waals surface area contributed by atoms with Gasteiger partial charge in [-0.15, -0.1) is 0 Å². The molecule has 1 aromatic rings.